The Morgan fingerprint density at radius 3 is 2.72 bits per heavy atom. The van der Waals surface area contributed by atoms with Crippen LogP contribution in [-0.4, -0.2) is 63.1 Å². The Labute approximate surface area is 204 Å². The van der Waals surface area contributed by atoms with Crippen LogP contribution in [0.2, 0.25) is 0 Å². The van der Waals surface area contributed by atoms with Gasteiger partial charge in [0.2, 0.25) is 0 Å². The molecule has 0 radical (unpaired) electrons. The molecular weight excluding hydrogens is 481 g/mol. The summed E-state index contributed by atoms with van der Waals surface area (Å²) in [6.45, 7) is 4.79. The van der Waals surface area contributed by atoms with E-state index in [-0.39, 0.29) is 30.0 Å². The van der Waals surface area contributed by atoms with Gasteiger partial charge in [0, 0.05) is 30.3 Å². The van der Waals surface area contributed by atoms with Crippen LogP contribution in [0.5, 0.6) is 0 Å². The van der Waals surface area contributed by atoms with Crippen LogP contribution in [0.3, 0.4) is 0 Å². The van der Waals surface area contributed by atoms with E-state index in [0.717, 1.165) is 23.5 Å². The second-order valence-corrected chi connectivity index (χ2v) is 8.67. The fourth-order valence-electron chi connectivity index (χ4n) is 3.95. The molecule has 2 aliphatic rings. The van der Waals surface area contributed by atoms with Gasteiger partial charge >= 0.3 is 6.18 Å². The van der Waals surface area contributed by atoms with Crippen LogP contribution >= 0.6 is 0 Å². The van der Waals surface area contributed by atoms with Crippen molar-refractivity contribution in [3.63, 3.8) is 0 Å². The number of carbonyl (C=O) groups is 1. The topological polar surface area (TPSA) is 134 Å². The maximum Gasteiger partial charge on any atom is 0.434 e. The fourth-order valence-corrected chi connectivity index (χ4v) is 3.95. The largest absolute Gasteiger partial charge is 0.434 e. The van der Waals surface area contributed by atoms with Gasteiger partial charge in [-0.15, -0.1) is 0 Å². The number of nitrogens with one attached hydrogen (secondary N) is 1. The average molecular weight is 506 g/mol. The van der Waals surface area contributed by atoms with Crippen LogP contribution in [-0.2, 0) is 20.4 Å². The highest BCUT2D eigenvalue weighted by molar-refractivity contribution is 5.97. The van der Waals surface area contributed by atoms with E-state index in [4.69, 9.17) is 19.9 Å². The van der Waals surface area contributed by atoms with E-state index in [1.807, 2.05) is 19.9 Å². The van der Waals surface area contributed by atoms with Crippen molar-refractivity contribution in [3.8, 4) is 0 Å². The van der Waals surface area contributed by atoms with Gasteiger partial charge in [-0.1, -0.05) is 0 Å². The van der Waals surface area contributed by atoms with Crippen molar-refractivity contribution in [1.29, 1.82) is 0 Å². The molecule has 3 unspecified atom stereocenters. The first-order chi connectivity index (χ1) is 17.0. The summed E-state index contributed by atoms with van der Waals surface area (Å²) < 4.78 is 53.1. The zero-order valence-electron chi connectivity index (χ0n) is 19.5. The van der Waals surface area contributed by atoms with Crippen molar-refractivity contribution in [1.82, 2.24) is 25.3 Å². The second-order valence-electron chi connectivity index (χ2n) is 8.67. The van der Waals surface area contributed by atoms with Crippen LogP contribution in [0.15, 0.2) is 43.1 Å². The molecule has 4 heterocycles. The van der Waals surface area contributed by atoms with Crippen molar-refractivity contribution in [2.24, 2.45) is 0 Å². The minimum absolute atomic E-state index is 0.0171. The summed E-state index contributed by atoms with van der Waals surface area (Å²) in [6.07, 6.45) is 0.840. The summed E-state index contributed by atoms with van der Waals surface area (Å²) in [5.74, 6) is -1.00. The molecule has 10 nitrogen and oxygen atoms in total. The second kappa shape index (κ2) is 10.3. The lowest BCUT2D eigenvalue weighted by Crippen LogP contribution is -2.48. The Hall–Kier alpha value is -3.42. The molecule has 1 aromatic carbocycles. The SMILES string of the molecule is CC1(C)OC2CCOC(CNC(=O)c3ccc4ncncc4c3)C2O1.Nc1cncc(C(F)(F)F)n1. The van der Waals surface area contributed by atoms with Gasteiger partial charge in [-0.3, -0.25) is 9.78 Å². The summed E-state index contributed by atoms with van der Waals surface area (Å²) in [5, 5.41) is 3.76. The number of rotatable bonds is 3. The molecule has 0 spiro atoms. The monoisotopic (exact) mass is 506 g/mol. The number of carbonyl (C=O) groups excluding carboxylic acids is 1. The molecule has 2 saturated heterocycles. The third-order valence-corrected chi connectivity index (χ3v) is 5.50. The van der Waals surface area contributed by atoms with E-state index in [9.17, 15) is 18.0 Å². The Balaban J connectivity index is 0.000000233. The van der Waals surface area contributed by atoms with Crippen LogP contribution in [0, 0.1) is 0 Å². The minimum Gasteiger partial charge on any atom is -0.382 e. The predicted octanol–water partition coefficient (Wildman–Crippen LogP) is 2.75. The first kappa shape index (κ1) is 25.7. The smallest absolute Gasteiger partial charge is 0.382 e. The van der Waals surface area contributed by atoms with Gasteiger partial charge in [-0.2, -0.15) is 13.2 Å². The van der Waals surface area contributed by atoms with E-state index in [2.05, 4.69) is 25.3 Å². The lowest BCUT2D eigenvalue weighted by Gasteiger charge is -2.31. The molecule has 0 saturated carbocycles. The Bertz CT molecular complexity index is 1230. The number of nitrogens with two attached hydrogens (primary N) is 1. The van der Waals surface area contributed by atoms with Crippen molar-refractivity contribution in [2.45, 2.75) is 50.5 Å². The van der Waals surface area contributed by atoms with Crippen molar-refractivity contribution >= 4 is 22.6 Å². The highest BCUT2D eigenvalue weighted by Gasteiger charge is 2.47. The number of ether oxygens (including phenoxy) is 3. The van der Waals surface area contributed by atoms with E-state index in [1.54, 1.807) is 18.3 Å². The molecule has 192 valence electrons. The third kappa shape index (κ3) is 6.22. The zero-order valence-corrected chi connectivity index (χ0v) is 19.5. The third-order valence-electron chi connectivity index (χ3n) is 5.50. The molecule has 2 fully saturated rings. The number of benzene rings is 1. The highest BCUT2D eigenvalue weighted by atomic mass is 19.4. The number of alkyl halides is 3. The molecule has 13 heteroatoms. The Morgan fingerprint density at radius 1 is 1.19 bits per heavy atom. The fraction of sp³-hybridized carbons (Fsp3) is 0.435. The van der Waals surface area contributed by atoms with Gasteiger partial charge in [0.25, 0.3) is 5.91 Å². The van der Waals surface area contributed by atoms with Crippen molar-refractivity contribution in [2.75, 3.05) is 18.9 Å². The summed E-state index contributed by atoms with van der Waals surface area (Å²) in [4.78, 5) is 26.9. The van der Waals surface area contributed by atoms with Crippen molar-refractivity contribution < 1.29 is 32.2 Å². The number of nitrogens with zero attached hydrogens (tertiary/aromatic N) is 4. The standard InChI is InChI=1S/C18H21N3O4.C5H4F3N3/c1-18(2)24-14-5-6-23-15(16(14)25-18)9-20-17(22)11-3-4-13-12(7-11)8-19-10-21-13;6-5(7,8)3-1-10-2-4(9)11-3/h3-4,7-8,10,14-16H,5-6,9H2,1-2H3,(H,20,22);1-2H,(H2,9,11). The first-order valence-corrected chi connectivity index (χ1v) is 11.1. The Morgan fingerprint density at radius 2 is 2.00 bits per heavy atom. The molecule has 2 aliphatic heterocycles. The number of anilines is 1. The van der Waals surface area contributed by atoms with Crippen LogP contribution < -0.4 is 11.1 Å². The number of hydrogen-bond donors (Lipinski definition) is 2. The maximum absolute atomic E-state index is 12.5. The molecule has 3 atom stereocenters. The van der Waals surface area contributed by atoms with Gasteiger partial charge in [-0.25, -0.2) is 15.0 Å². The number of nitrogen functional groups attached to an aromatic ring is 1. The minimum atomic E-state index is -4.47. The number of amides is 1. The van der Waals surface area contributed by atoms with E-state index >= 15 is 0 Å². The molecule has 36 heavy (non-hydrogen) atoms. The quantitative estimate of drug-likeness (QED) is 0.550. The predicted molar refractivity (Wildman–Crippen MR) is 121 cm³/mol. The first-order valence-electron chi connectivity index (χ1n) is 11.1. The van der Waals surface area contributed by atoms with Gasteiger partial charge in [-0.05, 0) is 38.5 Å². The highest BCUT2D eigenvalue weighted by Crippen LogP contribution is 2.35. The van der Waals surface area contributed by atoms with Crippen LogP contribution in [0.1, 0.15) is 36.3 Å². The lowest BCUT2D eigenvalue weighted by atomic mass is 10.0. The van der Waals surface area contributed by atoms with Crippen LogP contribution in [0.25, 0.3) is 10.9 Å². The number of hydrogen-bond acceptors (Lipinski definition) is 9. The normalized spacial score (nSPS) is 22.9. The summed E-state index contributed by atoms with van der Waals surface area (Å²) in [7, 11) is 0. The van der Waals surface area contributed by atoms with Gasteiger partial charge in [0.05, 0.1) is 24.0 Å². The number of fused-ring (bicyclic) bond motifs is 2. The molecular formula is C23H25F3N6O4. The van der Waals surface area contributed by atoms with Gasteiger partial charge < -0.3 is 25.3 Å². The Kier molecular flexibility index (Phi) is 7.33. The van der Waals surface area contributed by atoms with E-state index < -0.39 is 17.7 Å². The van der Waals surface area contributed by atoms with Gasteiger partial charge in [0.1, 0.15) is 24.4 Å². The lowest BCUT2D eigenvalue weighted by molar-refractivity contribution is -0.153. The molecule has 0 bridgehead atoms. The molecule has 0 aliphatic carbocycles. The summed E-state index contributed by atoms with van der Waals surface area (Å²) in [6, 6.07) is 5.36. The molecule has 3 aromatic rings. The van der Waals surface area contributed by atoms with Gasteiger partial charge in [0.15, 0.2) is 11.5 Å². The van der Waals surface area contributed by atoms with E-state index in [0.29, 0.717) is 24.9 Å². The summed E-state index contributed by atoms with van der Waals surface area (Å²) in [5.41, 5.74) is 5.29. The molecule has 5 rings (SSSR count). The van der Waals surface area contributed by atoms with Crippen molar-refractivity contribution in [3.05, 3.63) is 54.4 Å². The number of aromatic nitrogens is 4. The summed E-state index contributed by atoms with van der Waals surface area (Å²) >= 11 is 0. The average Bonchev–Trinajstić information content (AvgIpc) is 3.16. The molecule has 1 amide bonds. The van der Waals surface area contributed by atoms with Crippen LogP contribution in [0.4, 0.5) is 19.0 Å². The number of halogens is 3. The maximum atomic E-state index is 12.5. The molecule has 2 aromatic heterocycles. The zero-order chi connectivity index (χ0) is 25.9. The molecule has 3 N–H and O–H groups in total. The van der Waals surface area contributed by atoms with E-state index in [1.165, 1.54) is 6.33 Å².